The van der Waals surface area contributed by atoms with Crippen LogP contribution in [0, 0.1) is 5.41 Å². The van der Waals surface area contributed by atoms with Crippen molar-refractivity contribution in [3.05, 3.63) is 66.4 Å². The minimum absolute atomic E-state index is 0.114. The van der Waals surface area contributed by atoms with Crippen LogP contribution in [0.2, 0.25) is 0 Å². The summed E-state index contributed by atoms with van der Waals surface area (Å²) in [6, 6.07) is 15.9. The number of hydrogen-bond donors (Lipinski definition) is 3. The molecule has 0 unspecified atom stereocenters. The zero-order valence-corrected chi connectivity index (χ0v) is 18.3. The first kappa shape index (κ1) is 22.2. The van der Waals surface area contributed by atoms with E-state index in [1.54, 1.807) is 23.8 Å². The molecule has 3 aromatic rings. The zero-order valence-electron chi connectivity index (χ0n) is 17.5. The van der Waals surface area contributed by atoms with Gasteiger partial charge in [0.25, 0.3) is 5.91 Å². The number of sulfone groups is 1. The average molecular weight is 456 g/mol. The number of amides is 1. The van der Waals surface area contributed by atoms with Crippen LogP contribution in [0.4, 0.5) is 0 Å². The molecule has 0 bridgehead atoms. The van der Waals surface area contributed by atoms with Gasteiger partial charge in [-0.1, -0.05) is 18.2 Å². The summed E-state index contributed by atoms with van der Waals surface area (Å²) in [4.78, 5) is 16.7. The van der Waals surface area contributed by atoms with Crippen LogP contribution in [-0.4, -0.2) is 43.4 Å². The first-order valence-corrected chi connectivity index (χ1v) is 12.0. The molecule has 0 atom stereocenters. The molecule has 1 aliphatic rings. The fourth-order valence-corrected chi connectivity index (χ4v) is 5.96. The highest BCUT2D eigenvalue weighted by Gasteiger charge is 2.43. The summed E-state index contributed by atoms with van der Waals surface area (Å²) in [6.45, 7) is 1.35. The lowest BCUT2D eigenvalue weighted by Crippen LogP contribution is -2.50. The third kappa shape index (κ3) is 4.59. The van der Waals surface area contributed by atoms with E-state index in [0.29, 0.717) is 38.3 Å². The Hall–Kier alpha value is -3.01. The fraction of sp³-hybridized carbons (Fsp3) is 0.304. The molecule has 1 aromatic heterocycles. The van der Waals surface area contributed by atoms with Crippen LogP contribution in [0.5, 0.6) is 5.75 Å². The van der Waals surface area contributed by atoms with Gasteiger partial charge in [-0.2, -0.15) is 0 Å². The molecule has 1 saturated heterocycles. The fourth-order valence-electron chi connectivity index (χ4n) is 4.09. The van der Waals surface area contributed by atoms with Crippen LogP contribution >= 0.6 is 0 Å². The summed E-state index contributed by atoms with van der Waals surface area (Å²) >= 11 is 0. The molecule has 1 amide bonds. The molecule has 9 heteroatoms. The number of piperidine rings is 1. The number of para-hydroxylation sites is 1. The molecule has 168 valence electrons. The van der Waals surface area contributed by atoms with Crippen molar-refractivity contribution in [1.82, 2.24) is 15.8 Å². The Morgan fingerprint density at radius 2 is 1.81 bits per heavy atom. The second kappa shape index (κ2) is 9.23. The van der Waals surface area contributed by atoms with Crippen molar-refractivity contribution in [2.75, 3.05) is 18.8 Å². The van der Waals surface area contributed by atoms with Gasteiger partial charge < -0.3 is 10.1 Å². The van der Waals surface area contributed by atoms with Crippen LogP contribution < -0.4 is 15.5 Å². The Labute approximate surface area is 186 Å². The number of benzene rings is 2. The van der Waals surface area contributed by atoms with E-state index in [1.807, 2.05) is 30.3 Å². The van der Waals surface area contributed by atoms with E-state index < -0.39 is 21.2 Å². The number of pyridine rings is 1. The van der Waals surface area contributed by atoms with Gasteiger partial charge in [-0.05, 0) is 62.3 Å². The summed E-state index contributed by atoms with van der Waals surface area (Å²) in [7, 11) is -3.75. The van der Waals surface area contributed by atoms with Crippen LogP contribution in [0.3, 0.4) is 0 Å². The molecular formula is C23H25N3O5S. The van der Waals surface area contributed by atoms with E-state index >= 15 is 0 Å². The Balaban J connectivity index is 1.48. The van der Waals surface area contributed by atoms with Gasteiger partial charge >= 0.3 is 0 Å². The topological polar surface area (TPSA) is 118 Å². The Kier molecular flexibility index (Phi) is 6.40. The highest BCUT2D eigenvalue weighted by atomic mass is 32.2. The lowest BCUT2D eigenvalue weighted by Gasteiger charge is -2.34. The van der Waals surface area contributed by atoms with E-state index in [-0.39, 0.29) is 10.6 Å². The predicted molar refractivity (Wildman–Crippen MR) is 119 cm³/mol. The number of aromatic nitrogens is 1. The van der Waals surface area contributed by atoms with Crippen molar-refractivity contribution in [2.24, 2.45) is 5.41 Å². The molecule has 2 aromatic carbocycles. The molecule has 0 radical (unpaired) electrons. The molecular weight excluding hydrogens is 430 g/mol. The third-order valence-corrected chi connectivity index (χ3v) is 7.85. The monoisotopic (exact) mass is 455 g/mol. The largest absolute Gasteiger partial charge is 0.489 e. The molecule has 4 rings (SSSR count). The summed E-state index contributed by atoms with van der Waals surface area (Å²) in [5, 5.41) is 13.3. The molecule has 0 aliphatic carbocycles. The Morgan fingerprint density at radius 1 is 1.09 bits per heavy atom. The van der Waals surface area contributed by atoms with Gasteiger partial charge in [0.15, 0.2) is 9.84 Å². The predicted octanol–water partition coefficient (Wildman–Crippen LogP) is 2.46. The standard InChI is InChI=1S/C23H25N3O5S/c27-22(26-28)23(10-13-24-14-11-23)16-32(29,30)19-7-5-18(6-8-19)31-15-17-9-12-25-21-4-2-1-3-20(17)21/h1-9,12,24,28H,10-11,13-16H2,(H,26,27). The van der Waals surface area contributed by atoms with E-state index in [9.17, 15) is 13.2 Å². The number of hydroxylamine groups is 1. The quantitative estimate of drug-likeness (QED) is 0.370. The van der Waals surface area contributed by atoms with Crippen molar-refractivity contribution in [1.29, 1.82) is 0 Å². The maximum absolute atomic E-state index is 13.0. The minimum atomic E-state index is -3.75. The average Bonchev–Trinajstić information content (AvgIpc) is 2.82. The SMILES string of the molecule is O=C(NO)C1(CS(=O)(=O)c2ccc(OCc3ccnc4ccccc34)cc2)CCNCC1. The number of rotatable bonds is 7. The van der Waals surface area contributed by atoms with Crippen molar-refractivity contribution < 1.29 is 23.2 Å². The lowest BCUT2D eigenvalue weighted by molar-refractivity contribution is -0.140. The Morgan fingerprint density at radius 3 is 2.53 bits per heavy atom. The first-order valence-electron chi connectivity index (χ1n) is 10.4. The van der Waals surface area contributed by atoms with Gasteiger partial charge in [-0.15, -0.1) is 0 Å². The molecule has 0 saturated carbocycles. The number of carbonyl (C=O) groups is 1. The minimum Gasteiger partial charge on any atom is -0.489 e. The van der Waals surface area contributed by atoms with Gasteiger partial charge in [-0.25, -0.2) is 13.9 Å². The van der Waals surface area contributed by atoms with Crippen molar-refractivity contribution in [2.45, 2.75) is 24.3 Å². The van der Waals surface area contributed by atoms with Crippen LogP contribution in [0.15, 0.2) is 65.7 Å². The Bertz CT molecular complexity index is 1200. The summed E-state index contributed by atoms with van der Waals surface area (Å²) < 4.78 is 31.9. The number of fused-ring (bicyclic) bond motifs is 1. The second-order valence-corrected chi connectivity index (χ2v) is 9.97. The van der Waals surface area contributed by atoms with Crippen LogP contribution in [-0.2, 0) is 21.2 Å². The highest BCUT2D eigenvalue weighted by Crippen LogP contribution is 2.33. The normalized spacial score (nSPS) is 15.9. The zero-order chi connectivity index (χ0) is 22.6. The van der Waals surface area contributed by atoms with Gasteiger partial charge in [0.2, 0.25) is 0 Å². The van der Waals surface area contributed by atoms with Crippen LogP contribution in [0.1, 0.15) is 18.4 Å². The van der Waals surface area contributed by atoms with Gasteiger partial charge in [0.1, 0.15) is 12.4 Å². The molecule has 8 nitrogen and oxygen atoms in total. The van der Waals surface area contributed by atoms with Gasteiger partial charge in [0, 0.05) is 17.1 Å². The van der Waals surface area contributed by atoms with E-state index in [4.69, 9.17) is 9.94 Å². The number of carbonyl (C=O) groups excluding carboxylic acids is 1. The molecule has 1 fully saturated rings. The maximum Gasteiger partial charge on any atom is 0.250 e. The van der Waals surface area contributed by atoms with Crippen LogP contribution in [0.25, 0.3) is 10.9 Å². The summed E-state index contributed by atoms with van der Waals surface area (Å²) in [5.74, 6) is -0.487. The number of ether oxygens (including phenoxy) is 1. The molecule has 1 aliphatic heterocycles. The number of nitrogens with one attached hydrogen (secondary N) is 2. The van der Waals surface area contributed by atoms with Gasteiger partial charge in [0.05, 0.1) is 21.6 Å². The van der Waals surface area contributed by atoms with Crippen molar-refractivity contribution >= 4 is 26.6 Å². The highest BCUT2D eigenvalue weighted by molar-refractivity contribution is 7.91. The molecule has 2 heterocycles. The molecule has 32 heavy (non-hydrogen) atoms. The lowest BCUT2D eigenvalue weighted by atomic mass is 9.80. The van der Waals surface area contributed by atoms with E-state index in [2.05, 4.69) is 10.3 Å². The summed E-state index contributed by atoms with van der Waals surface area (Å²) in [6.07, 6.45) is 2.40. The first-order chi connectivity index (χ1) is 15.4. The van der Waals surface area contributed by atoms with Crippen molar-refractivity contribution in [3.63, 3.8) is 0 Å². The van der Waals surface area contributed by atoms with E-state index in [0.717, 1.165) is 16.5 Å². The number of hydrogen-bond acceptors (Lipinski definition) is 7. The van der Waals surface area contributed by atoms with Gasteiger partial charge in [-0.3, -0.25) is 15.0 Å². The number of nitrogens with zero attached hydrogens (tertiary/aromatic N) is 1. The van der Waals surface area contributed by atoms with E-state index in [1.165, 1.54) is 12.1 Å². The molecule has 0 spiro atoms. The smallest absolute Gasteiger partial charge is 0.250 e. The second-order valence-electron chi connectivity index (χ2n) is 7.98. The maximum atomic E-state index is 13.0. The molecule has 3 N–H and O–H groups in total. The summed E-state index contributed by atoms with van der Waals surface area (Å²) in [5.41, 5.74) is 2.36. The third-order valence-electron chi connectivity index (χ3n) is 5.93. The van der Waals surface area contributed by atoms with Crippen molar-refractivity contribution in [3.8, 4) is 5.75 Å².